The van der Waals surface area contributed by atoms with E-state index in [9.17, 15) is 0 Å². The molecular weight excluding hydrogens is 272 g/mol. The minimum absolute atomic E-state index is 0.677. The van der Waals surface area contributed by atoms with Gasteiger partial charge in [0.05, 0.1) is 16.9 Å². The summed E-state index contributed by atoms with van der Waals surface area (Å²) >= 11 is 0. The fraction of sp³-hybridized carbons (Fsp3) is 0.389. The summed E-state index contributed by atoms with van der Waals surface area (Å²) in [5, 5.41) is 5.67. The number of unbranched alkanes of at least 4 members (excludes halogenated alkanes) is 2. The van der Waals surface area contributed by atoms with Crippen LogP contribution in [0.5, 0.6) is 0 Å². The molecule has 4 nitrogen and oxygen atoms in total. The molecule has 0 aliphatic heterocycles. The largest absolute Gasteiger partial charge is 0.251 e. The predicted octanol–water partition coefficient (Wildman–Crippen LogP) is 4.17. The molecule has 0 spiro atoms. The minimum Gasteiger partial charge on any atom is -0.215 e. The van der Waals surface area contributed by atoms with E-state index in [1.165, 1.54) is 12.8 Å². The summed E-state index contributed by atoms with van der Waals surface area (Å²) in [7, 11) is 0. The maximum atomic E-state index is 4.81. The van der Waals surface area contributed by atoms with Crippen molar-refractivity contribution in [2.75, 3.05) is 0 Å². The minimum atomic E-state index is 0.677. The smallest absolute Gasteiger partial charge is 0.215 e. The Balaban J connectivity index is 2.09. The van der Waals surface area contributed by atoms with Crippen molar-refractivity contribution in [3.8, 4) is 5.95 Å². The Hall–Kier alpha value is -2.23. The molecule has 0 unspecified atom stereocenters. The van der Waals surface area contributed by atoms with Gasteiger partial charge in [0.1, 0.15) is 0 Å². The molecule has 0 amide bonds. The lowest BCUT2D eigenvalue weighted by Crippen LogP contribution is -2.08. The predicted molar refractivity (Wildman–Crippen MR) is 89.4 cm³/mol. The number of aryl methyl sites for hydroxylation is 3. The van der Waals surface area contributed by atoms with Crippen LogP contribution in [0.25, 0.3) is 16.9 Å². The standard InChI is InChI=1S/C18H22N4/c1-4-5-6-10-16-15-9-7-8-11-17(15)20-18(19-16)22-14(3)12-13(2)21-22/h7-9,11-12H,4-6,10H2,1-3H3. The monoisotopic (exact) mass is 294 g/mol. The average Bonchev–Trinajstić information content (AvgIpc) is 2.86. The summed E-state index contributed by atoms with van der Waals surface area (Å²) in [4.78, 5) is 9.50. The van der Waals surface area contributed by atoms with Crippen molar-refractivity contribution in [2.45, 2.75) is 46.5 Å². The number of benzene rings is 1. The van der Waals surface area contributed by atoms with E-state index in [2.05, 4.69) is 36.3 Å². The fourth-order valence-corrected chi connectivity index (χ4v) is 2.79. The van der Waals surface area contributed by atoms with Crippen LogP contribution < -0.4 is 0 Å². The normalized spacial score (nSPS) is 11.2. The highest BCUT2D eigenvalue weighted by molar-refractivity contribution is 5.81. The molecule has 0 saturated heterocycles. The third kappa shape index (κ3) is 2.86. The number of aromatic nitrogens is 4. The van der Waals surface area contributed by atoms with Crippen LogP contribution in [-0.4, -0.2) is 19.7 Å². The topological polar surface area (TPSA) is 43.6 Å². The van der Waals surface area contributed by atoms with Crippen LogP contribution in [0.3, 0.4) is 0 Å². The average molecular weight is 294 g/mol. The van der Waals surface area contributed by atoms with Gasteiger partial charge in [-0.2, -0.15) is 5.10 Å². The molecule has 0 aliphatic rings. The van der Waals surface area contributed by atoms with E-state index in [4.69, 9.17) is 9.97 Å². The van der Waals surface area contributed by atoms with Crippen molar-refractivity contribution in [3.63, 3.8) is 0 Å². The molecule has 0 saturated carbocycles. The van der Waals surface area contributed by atoms with Crippen molar-refractivity contribution in [1.82, 2.24) is 19.7 Å². The van der Waals surface area contributed by atoms with Crippen molar-refractivity contribution in [2.24, 2.45) is 0 Å². The first-order valence-corrected chi connectivity index (χ1v) is 7.98. The Morgan fingerprint density at radius 1 is 1.05 bits per heavy atom. The Morgan fingerprint density at radius 2 is 1.86 bits per heavy atom. The summed E-state index contributed by atoms with van der Waals surface area (Å²) in [6.45, 7) is 6.25. The lowest BCUT2D eigenvalue weighted by molar-refractivity contribution is 0.701. The molecule has 4 heteroatoms. The summed E-state index contributed by atoms with van der Waals surface area (Å²) in [6, 6.07) is 10.3. The van der Waals surface area contributed by atoms with Gasteiger partial charge in [0.15, 0.2) is 0 Å². The van der Waals surface area contributed by atoms with E-state index in [1.54, 1.807) is 0 Å². The van der Waals surface area contributed by atoms with Gasteiger partial charge < -0.3 is 0 Å². The second-order valence-corrected chi connectivity index (χ2v) is 5.78. The van der Waals surface area contributed by atoms with Gasteiger partial charge in [-0.15, -0.1) is 0 Å². The van der Waals surface area contributed by atoms with Crippen LogP contribution in [0.1, 0.15) is 43.3 Å². The second kappa shape index (κ2) is 6.26. The van der Waals surface area contributed by atoms with Gasteiger partial charge in [-0.1, -0.05) is 38.0 Å². The zero-order valence-corrected chi connectivity index (χ0v) is 13.5. The van der Waals surface area contributed by atoms with Crippen LogP contribution in [0.2, 0.25) is 0 Å². The van der Waals surface area contributed by atoms with E-state index in [0.29, 0.717) is 5.95 Å². The molecule has 0 N–H and O–H groups in total. The zero-order chi connectivity index (χ0) is 15.5. The van der Waals surface area contributed by atoms with Gasteiger partial charge in [-0.25, -0.2) is 14.6 Å². The molecular formula is C18H22N4. The maximum absolute atomic E-state index is 4.81. The first-order valence-electron chi connectivity index (χ1n) is 7.98. The van der Waals surface area contributed by atoms with Gasteiger partial charge in [0.25, 0.3) is 5.95 Å². The van der Waals surface area contributed by atoms with Crippen molar-refractivity contribution >= 4 is 10.9 Å². The Bertz CT molecular complexity index is 789. The molecule has 2 aromatic heterocycles. The van der Waals surface area contributed by atoms with Gasteiger partial charge in [0.2, 0.25) is 0 Å². The molecule has 0 atom stereocenters. The molecule has 3 rings (SSSR count). The van der Waals surface area contributed by atoms with E-state index in [0.717, 1.165) is 40.8 Å². The van der Waals surface area contributed by atoms with Crippen LogP contribution >= 0.6 is 0 Å². The van der Waals surface area contributed by atoms with Crippen LogP contribution in [-0.2, 0) is 6.42 Å². The SMILES string of the molecule is CCCCCc1nc(-n2nc(C)cc2C)nc2ccccc12. The van der Waals surface area contributed by atoms with Crippen LogP contribution in [0.15, 0.2) is 30.3 Å². The lowest BCUT2D eigenvalue weighted by Gasteiger charge is -2.09. The Morgan fingerprint density at radius 3 is 2.59 bits per heavy atom. The Labute approximate surface area is 131 Å². The van der Waals surface area contributed by atoms with Gasteiger partial charge in [-0.3, -0.25) is 0 Å². The van der Waals surface area contributed by atoms with Crippen molar-refractivity contribution < 1.29 is 0 Å². The number of nitrogens with zero attached hydrogens (tertiary/aromatic N) is 4. The first kappa shape index (κ1) is 14.7. The molecule has 0 aliphatic carbocycles. The van der Waals surface area contributed by atoms with Gasteiger partial charge in [0, 0.05) is 11.1 Å². The molecule has 0 bridgehead atoms. The van der Waals surface area contributed by atoms with E-state index >= 15 is 0 Å². The lowest BCUT2D eigenvalue weighted by atomic mass is 10.1. The zero-order valence-electron chi connectivity index (χ0n) is 13.5. The highest BCUT2D eigenvalue weighted by Crippen LogP contribution is 2.20. The summed E-state index contributed by atoms with van der Waals surface area (Å²) in [5.41, 5.74) is 4.17. The van der Waals surface area contributed by atoms with Crippen molar-refractivity contribution in [1.29, 1.82) is 0 Å². The number of fused-ring (bicyclic) bond motifs is 1. The van der Waals surface area contributed by atoms with Crippen molar-refractivity contribution in [3.05, 3.63) is 47.4 Å². The molecule has 3 aromatic rings. The van der Waals surface area contributed by atoms with Gasteiger partial charge in [-0.05, 0) is 38.8 Å². The van der Waals surface area contributed by atoms with E-state index in [-0.39, 0.29) is 0 Å². The fourth-order valence-electron chi connectivity index (χ4n) is 2.79. The highest BCUT2D eigenvalue weighted by atomic mass is 15.4. The van der Waals surface area contributed by atoms with Crippen LogP contribution in [0, 0.1) is 13.8 Å². The summed E-state index contributed by atoms with van der Waals surface area (Å²) < 4.78 is 1.84. The molecule has 2 heterocycles. The molecule has 22 heavy (non-hydrogen) atoms. The van der Waals surface area contributed by atoms with E-state index in [1.807, 2.05) is 24.6 Å². The molecule has 0 radical (unpaired) electrons. The third-order valence-corrected chi connectivity index (χ3v) is 3.89. The summed E-state index contributed by atoms with van der Waals surface area (Å²) in [5.74, 6) is 0.677. The Kier molecular flexibility index (Phi) is 4.18. The van der Waals surface area contributed by atoms with Gasteiger partial charge >= 0.3 is 0 Å². The second-order valence-electron chi connectivity index (χ2n) is 5.78. The maximum Gasteiger partial charge on any atom is 0.251 e. The number of hydrogen-bond acceptors (Lipinski definition) is 3. The molecule has 114 valence electrons. The van der Waals surface area contributed by atoms with E-state index < -0.39 is 0 Å². The molecule has 1 aromatic carbocycles. The quantitative estimate of drug-likeness (QED) is 0.663. The van der Waals surface area contributed by atoms with Crippen LogP contribution in [0.4, 0.5) is 0 Å². The third-order valence-electron chi connectivity index (χ3n) is 3.89. The first-order chi connectivity index (χ1) is 10.7. The molecule has 0 fully saturated rings. The number of hydrogen-bond donors (Lipinski definition) is 0. The highest BCUT2D eigenvalue weighted by Gasteiger charge is 2.11. The summed E-state index contributed by atoms with van der Waals surface area (Å²) in [6.07, 6.45) is 4.60. The number of rotatable bonds is 5. The number of para-hydroxylation sites is 1.